The minimum atomic E-state index is -0.947. The SMILES string of the molecule is CCCN(CCC)C(=O)c1cccc(C(=O)N[C@@H](Cc2ccccc2)C(O)CNCc2cccc([N+](=O)[O-])c2)c1. The summed E-state index contributed by atoms with van der Waals surface area (Å²) in [5.74, 6) is -0.490. The Morgan fingerprint density at radius 3 is 2.23 bits per heavy atom. The fourth-order valence-corrected chi connectivity index (χ4v) is 4.52. The molecule has 9 nitrogen and oxygen atoms in total. The molecule has 0 saturated heterocycles. The van der Waals surface area contributed by atoms with Crippen LogP contribution in [0.15, 0.2) is 78.9 Å². The number of nitrogens with zero attached hydrogens (tertiary/aromatic N) is 2. The van der Waals surface area contributed by atoms with Gasteiger partial charge >= 0.3 is 0 Å². The summed E-state index contributed by atoms with van der Waals surface area (Å²) in [5, 5.41) is 28.2. The van der Waals surface area contributed by atoms with Crippen molar-refractivity contribution >= 4 is 17.5 Å². The van der Waals surface area contributed by atoms with Gasteiger partial charge in [0.2, 0.25) is 0 Å². The van der Waals surface area contributed by atoms with Gasteiger partial charge in [-0.3, -0.25) is 19.7 Å². The molecule has 3 aromatic rings. The van der Waals surface area contributed by atoms with Crippen LogP contribution in [-0.2, 0) is 13.0 Å². The molecule has 0 saturated carbocycles. The summed E-state index contributed by atoms with van der Waals surface area (Å²) in [6.45, 7) is 5.82. The summed E-state index contributed by atoms with van der Waals surface area (Å²) in [5.41, 5.74) is 2.46. The van der Waals surface area contributed by atoms with E-state index in [1.807, 2.05) is 44.2 Å². The summed E-state index contributed by atoms with van der Waals surface area (Å²) in [7, 11) is 0. The lowest BCUT2D eigenvalue weighted by atomic mass is 10.00. The van der Waals surface area contributed by atoms with E-state index < -0.39 is 17.1 Å². The van der Waals surface area contributed by atoms with Crippen LogP contribution >= 0.6 is 0 Å². The third kappa shape index (κ3) is 9.00. The van der Waals surface area contributed by atoms with E-state index in [9.17, 15) is 24.8 Å². The number of benzene rings is 3. The van der Waals surface area contributed by atoms with E-state index in [0.29, 0.717) is 42.7 Å². The fraction of sp³-hybridized carbons (Fsp3) is 0.355. The molecular weight excluding hydrogens is 508 g/mol. The van der Waals surface area contributed by atoms with Crippen LogP contribution in [0.5, 0.6) is 0 Å². The first-order valence-corrected chi connectivity index (χ1v) is 13.7. The Hall–Kier alpha value is -4.08. The highest BCUT2D eigenvalue weighted by Crippen LogP contribution is 2.14. The van der Waals surface area contributed by atoms with Gasteiger partial charge in [0.1, 0.15) is 0 Å². The van der Waals surface area contributed by atoms with Crippen LogP contribution in [0, 0.1) is 10.1 Å². The number of hydrogen-bond donors (Lipinski definition) is 3. The molecule has 3 rings (SSSR count). The van der Waals surface area contributed by atoms with Crippen LogP contribution in [0.3, 0.4) is 0 Å². The van der Waals surface area contributed by atoms with E-state index in [1.165, 1.54) is 12.1 Å². The molecule has 0 heterocycles. The zero-order valence-corrected chi connectivity index (χ0v) is 23.1. The summed E-state index contributed by atoms with van der Waals surface area (Å²) < 4.78 is 0. The first-order chi connectivity index (χ1) is 19.3. The number of nitro benzene ring substituents is 1. The number of amides is 2. The van der Waals surface area contributed by atoms with Crippen molar-refractivity contribution in [3.8, 4) is 0 Å². The van der Waals surface area contributed by atoms with Crippen molar-refractivity contribution in [2.75, 3.05) is 19.6 Å². The third-order valence-electron chi connectivity index (χ3n) is 6.53. The van der Waals surface area contributed by atoms with Crippen LogP contribution in [0.4, 0.5) is 5.69 Å². The van der Waals surface area contributed by atoms with E-state index in [4.69, 9.17) is 0 Å². The molecule has 2 atom stereocenters. The number of non-ortho nitro benzene ring substituents is 1. The quantitative estimate of drug-likeness (QED) is 0.192. The number of rotatable bonds is 15. The van der Waals surface area contributed by atoms with Gasteiger partial charge in [-0.1, -0.05) is 62.4 Å². The molecule has 0 fully saturated rings. The lowest BCUT2D eigenvalue weighted by Crippen LogP contribution is -2.48. The number of carbonyl (C=O) groups excluding carboxylic acids is 2. The molecular formula is C31H38N4O5. The molecule has 40 heavy (non-hydrogen) atoms. The molecule has 0 aliphatic rings. The second kappa shape index (κ2) is 15.5. The summed E-state index contributed by atoms with van der Waals surface area (Å²) in [4.78, 5) is 38.8. The standard InChI is InChI=1S/C31H38N4O5/c1-3-16-34(17-4-2)31(38)26-14-9-13-25(20-26)30(37)33-28(19-23-10-6-5-7-11-23)29(36)22-32-21-24-12-8-15-27(18-24)35(39)40/h5-15,18,20,28-29,32,36H,3-4,16-17,19,21-22H2,1-2H3,(H,33,37)/t28-,29?/m0/s1. The molecule has 0 radical (unpaired) electrons. The second-order valence-electron chi connectivity index (χ2n) is 9.77. The van der Waals surface area contributed by atoms with Crippen LogP contribution in [-0.4, -0.2) is 58.5 Å². The molecule has 0 aliphatic heterocycles. The lowest BCUT2D eigenvalue weighted by molar-refractivity contribution is -0.384. The minimum Gasteiger partial charge on any atom is -0.390 e. The highest BCUT2D eigenvalue weighted by Gasteiger charge is 2.23. The van der Waals surface area contributed by atoms with Crippen molar-refractivity contribution < 1.29 is 19.6 Å². The minimum absolute atomic E-state index is 0.00212. The number of nitrogens with one attached hydrogen (secondary N) is 2. The number of aliphatic hydroxyl groups excluding tert-OH is 1. The summed E-state index contributed by atoms with van der Waals surface area (Å²) >= 11 is 0. The zero-order chi connectivity index (χ0) is 28.9. The van der Waals surface area contributed by atoms with Gasteiger partial charge in [0.15, 0.2) is 0 Å². The Balaban J connectivity index is 1.71. The largest absolute Gasteiger partial charge is 0.390 e. The molecule has 3 N–H and O–H groups in total. The molecule has 0 aromatic heterocycles. The molecule has 1 unspecified atom stereocenters. The normalized spacial score (nSPS) is 12.4. The molecule has 0 spiro atoms. The Kier molecular flexibility index (Phi) is 11.8. The van der Waals surface area contributed by atoms with Crippen LogP contribution in [0.1, 0.15) is 58.5 Å². The molecule has 9 heteroatoms. The average molecular weight is 547 g/mol. The highest BCUT2D eigenvalue weighted by molar-refractivity contribution is 5.99. The van der Waals surface area contributed by atoms with Crippen molar-refractivity contribution in [1.82, 2.24) is 15.5 Å². The van der Waals surface area contributed by atoms with Gasteiger partial charge < -0.3 is 20.6 Å². The van der Waals surface area contributed by atoms with E-state index in [0.717, 1.165) is 18.4 Å². The Labute approximate surface area is 235 Å². The summed E-state index contributed by atoms with van der Waals surface area (Å²) in [6, 6.07) is 21.9. The van der Waals surface area contributed by atoms with E-state index in [2.05, 4.69) is 10.6 Å². The maximum absolute atomic E-state index is 13.3. The first kappa shape index (κ1) is 30.5. The van der Waals surface area contributed by atoms with Crippen LogP contribution in [0.25, 0.3) is 0 Å². The van der Waals surface area contributed by atoms with Crippen molar-refractivity contribution in [1.29, 1.82) is 0 Å². The van der Waals surface area contributed by atoms with E-state index in [1.54, 1.807) is 41.3 Å². The molecule has 2 amide bonds. The van der Waals surface area contributed by atoms with Gasteiger partial charge in [0.25, 0.3) is 17.5 Å². The molecule has 0 bridgehead atoms. The Morgan fingerprint density at radius 1 is 0.900 bits per heavy atom. The number of hydrogen-bond acceptors (Lipinski definition) is 6. The summed E-state index contributed by atoms with van der Waals surface area (Å²) in [6.07, 6.45) is 1.14. The van der Waals surface area contributed by atoms with Gasteiger partial charge in [-0.2, -0.15) is 0 Å². The average Bonchev–Trinajstić information content (AvgIpc) is 2.97. The zero-order valence-electron chi connectivity index (χ0n) is 23.1. The number of aliphatic hydroxyl groups is 1. The maximum atomic E-state index is 13.3. The van der Waals surface area contributed by atoms with Gasteiger partial charge in [-0.05, 0) is 48.6 Å². The molecule has 0 aliphatic carbocycles. The lowest BCUT2D eigenvalue weighted by Gasteiger charge is -2.25. The fourth-order valence-electron chi connectivity index (χ4n) is 4.52. The first-order valence-electron chi connectivity index (χ1n) is 13.7. The van der Waals surface area contributed by atoms with Crippen molar-refractivity contribution in [3.05, 3.63) is 111 Å². The van der Waals surface area contributed by atoms with Crippen LogP contribution in [0.2, 0.25) is 0 Å². The third-order valence-corrected chi connectivity index (χ3v) is 6.53. The number of nitro groups is 1. The van der Waals surface area contributed by atoms with Crippen LogP contribution < -0.4 is 10.6 Å². The van der Waals surface area contributed by atoms with Crippen molar-refractivity contribution in [2.24, 2.45) is 0 Å². The van der Waals surface area contributed by atoms with Gasteiger partial charge in [0, 0.05) is 49.4 Å². The van der Waals surface area contributed by atoms with E-state index >= 15 is 0 Å². The monoisotopic (exact) mass is 546 g/mol. The van der Waals surface area contributed by atoms with Crippen molar-refractivity contribution in [2.45, 2.75) is 51.8 Å². The molecule has 3 aromatic carbocycles. The Bertz CT molecular complexity index is 1260. The topological polar surface area (TPSA) is 125 Å². The van der Waals surface area contributed by atoms with Gasteiger partial charge in [-0.25, -0.2) is 0 Å². The smallest absolute Gasteiger partial charge is 0.269 e. The maximum Gasteiger partial charge on any atom is 0.269 e. The highest BCUT2D eigenvalue weighted by atomic mass is 16.6. The predicted octanol–water partition coefficient (Wildman–Crippen LogP) is 4.35. The number of carbonyl (C=O) groups is 2. The Morgan fingerprint density at radius 2 is 1.55 bits per heavy atom. The second-order valence-corrected chi connectivity index (χ2v) is 9.77. The molecule has 212 valence electrons. The van der Waals surface area contributed by atoms with Gasteiger partial charge in [-0.15, -0.1) is 0 Å². The van der Waals surface area contributed by atoms with Crippen molar-refractivity contribution in [3.63, 3.8) is 0 Å². The van der Waals surface area contributed by atoms with E-state index in [-0.39, 0.29) is 24.0 Å². The van der Waals surface area contributed by atoms with Gasteiger partial charge in [0.05, 0.1) is 17.1 Å². The predicted molar refractivity (Wildman–Crippen MR) is 155 cm³/mol.